The molecule has 6 heteroatoms. The van der Waals surface area contributed by atoms with E-state index in [1.165, 1.54) is 18.2 Å². The Labute approximate surface area is 100.0 Å². The number of phenols is 5. The Morgan fingerprint density at radius 1 is 0.778 bits per heavy atom. The molecule has 3 rings (SSSR count). The van der Waals surface area contributed by atoms with Gasteiger partial charge in [-0.05, 0) is 12.1 Å². The third kappa shape index (κ3) is 1.11. The summed E-state index contributed by atoms with van der Waals surface area (Å²) in [6.45, 7) is 0. The molecule has 0 aliphatic carbocycles. The first-order valence-corrected chi connectivity index (χ1v) is 5.11. The lowest BCUT2D eigenvalue weighted by Gasteiger charge is -2.02. The summed E-state index contributed by atoms with van der Waals surface area (Å²) in [4.78, 5) is 2.75. The second-order valence-electron chi connectivity index (χ2n) is 4.00. The van der Waals surface area contributed by atoms with Gasteiger partial charge in [0.2, 0.25) is 5.75 Å². The maximum atomic E-state index is 9.81. The van der Waals surface area contributed by atoms with Gasteiger partial charge in [-0.15, -0.1) is 0 Å². The average molecular weight is 247 g/mol. The van der Waals surface area contributed by atoms with Crippen LogP contribution in [0.1, 0.15) is 0 Å². The highest BCUT2D eigenvalue weighted by molar-refractivity contribution is 6.13. The molecule has 6 N–H and O–H groups in total. The van der Waals surface area contributed by atoms with E-state index in [1.807, 2.05) is 0 Å². The van der Waals surface area contributed by atoms with Gasteiger partial charge in [0.15, 0.2) is 23.0 Å². The van der Waals surface area contributed by atoms with Crippen molar-refractivity contribution < 1.29 is 25.5 Å². The fraction of sp³-hybridized carbons (Fsp3) is 0. The van der Waals surface area contributed by atoms with E-state index < -0.39 is 17.2 Å². The number of fused-ring (bicyclic) bond motifs is 3. The summed E-state index contributed by atoms with van der Waals surface area (Å²) in [6.07, 6.45) is 0. The van der Waals surface area contributed by atoms with Crippen LogP contribution in [0.3, 0.4) is 0 Å². The minimum Gasteiger partial charge on any atom is -0.504 e. The Morgan fingerprint density at radius 3 is 2.22 bits per heavy atom. The molecule has 6 nitrogen and oxygen atoms in total. The zero-order chi connectivity index (χ0) is 13.0. The van der Waals surface area contributed by atoms with Crippen LogP contribution in [0.15, 0.2) is 18.2 Å². The number of aromatic nitrogens is 1. The lowest BCUT2D eigenvalue weighted by atomic mass is 10.1. The summed E-state index contributed by atoms with van der Waals surface area (Å²) >= 11 is 0. The largest absolute Gasteiger partial charge is 0.504 e. The Morgan fingerprint density at radius 2 is 1.50 bits per heavy atom. The molecule has 0 aliphatic heterocycles. The highest BCUT2D eigenvalue weighted by Crippen LogP contribution is 2.46. The van der Waals surface area contributed by atoms with Crippen LogP contribution in [0.5, 0.6) is 28.7 Å². The first kappa shape index (κ1) is 10.4. The molecular weight excluding hydrogens is 238 g/mol. The molecule has 0 saturated heterocycles. The molecule has 2 aromatic carbocycles. The van der Waals surface area contributed by atoms with Gasteiger partial charge < -0.3 is 30.5 Å². The summed E-state index contributed by atoms with van der Waals surface area (Å²) in [6, 6.07) is 3.98. The van der Waals surface area contributed by atoms with E-state index in [2.05, 4.69) is 4.98 Å². The van der Waals surface area contributed by atoms with Gasteiger partial charge in [-0.3, -0.25) is 0 Å². The first-order chi connectivity index (χ1) is 8.50. The highest BCUT2D eigenvalue weighted by Gasteiger charge is 2.18. The maximum Gasteiger partial charge on any atom is 0.201 e. The fourth-order valence-corrected chi connectivity index (χ4v) is 2.07. The highest BCUT2D eigenvalue weighted by atomic mass is 16.3. The van der Waals surface area contributed by atoms with E-state index in [4.69, 9.17) is 0 Å². The van der Waals surface area contributed by atoms with Gasteiger partial charge in [0, 0.05) is 11.5 Å². The first-order valence-electron chi connectivity index (χ1n) is 5.11. The molecule has 0 radical (unpaired) electrons. The van der Waals surface area contributed by atoms with Crippen molar-refractivity contribution in [2.24, 2.45) is 0 Å². The maximum absolute atomic E-state index is 9.81. The van der Waals surface area contributed by atoms with Crippen molar-refractivity contribution in [3.05, 3.63) is 18.2 Å². The van der Waals surface area contributed by atoms with E-state index in [1.54, 1.807) is 0 Å². The Kier molecular flexibility index (Phi) is 1.81. The third-order valence-corrected chi connectivity index (χ3v) is 2.94. The van der Waals surface area contributed by atoms with Crippen molar-refractivity contribution in [1.82, 2.24) is 4.98 Å². The molecule has 1 aromatic heterocycles. The number of benzene rings is 2. The molecule has 92 valence electrons. The number of rotatable bonds is 0. The number of phenolic OH excluding ortho intramolecular Hbond substituents is 5. The van der Waals surface area contributed by atoms with Crippen molar-refractivity contribution in [3.8, 4) is 28.7 Å². The van der Waals surface area contributed by atoms with Crippen LogP contribution in [-0.2, 0) is 0 Å². The van der Waals surface area contributed by atoms with Crippen molar-refractivity contribution in [1.29, 1.82) is 0 Å². The molecule has 3 aromatic rings. The monoisotopic (exact) mass is 247 g/mol. The normalized spacial score (nSPS) is 11.3. The number of hydrogen-bond donors (Lipinski definition) is 6. The van der Waals surface area contributed by atoms with Crippen molar-refractivity contribution in [2.45, 2.75) is 0 Å². The summed E-state index contributed by atoms with van der Waals surface area (Å²) < 4.78 is 0. The summed E-state index contributed by atoms with van der Waals surface area (Å²) in [5, 5.41) is 48.5. The summed E-state index contributed by atoms with van der Waals surface area (Å²) in [7, 11) is 0. The number of hydrogen-bond acceptors (Lipinski definition) is 5. The van der Waals surface area contributed by atoms with Gasteiger partial charge in [0.05, 0.1) is 16.4 Å². The van der Waals surface area contributed by atoms with Gasteiger partial charge in [0.1, 0.15) is 0 Å². The number of aromatic amines is 1. The van der Waals surface area contributed by atoms with E-state index in [9.17, 15) is 25.5 Å². The number of aromatic hydroxyl groups is 5. The minimum atomic E-state index is -0.629. The van der Waals surface area contributed by atoms with Crippen LogP contribution in [-0.4, -0.2) is 30.5 Å². The van der Waals surface area contributed by atoms with Gasteiger partial charge >= 0.3 is 0 Å². The SMILES string of the molecule is Oc1cc2[nH]c3c(O)c(O)ccc3c2c(O)c1O. The molecule has 0 spiro atoms. The minimum absolute atomic E-state index is 0.213. The lowest BCUT2D eigenvalue weighted by molar-refractivity contribution is 0.371. The van der Waals surface area contributed by atoms with Gasteiger partial charge in [-0.2, -0.15) is 0 Å². The standard InChI is InChI=1S/C12H9NO5/c14-6-2-1-4-8-5(13-9(4)10(6)16)3-7(15)11(17)12(8)18/h1-3,13-18H. The van der Waals surface area contributed by atoms with Crippen molar-refractivity contribution >= 4 is 21.8 Å². The van der Waals surface area contributed by atoms with Crippen molar-refractivity contribution in [3.63, 3.8) is 0 Å². The second-order valence-corrected chi connectivity index (χ2v) is 4.00. The quantitative estimate of drug-likeness (QED) is 0.339. The fourth-order valence-electron chi connectivity index (χ4n) is 2.07. The zero-order valence-corrected chi connectivity index (χ0v) is 8.97. The molecular formula is C12H9NO5. The molecule has 0 saturated carbocycles. The van der Waals surface area contributed by atoms with Crippen LogP contribution in [0.25, 0.3) is 21.8 Å². The van der Waals surface area contributed by atoms with E-state index in [0.29, 0.717) is 10.9 Å². The molecule has 1 heterocycles. The third-order valence-electron chi connectivity index (χ3n) is 2.94. The predicted molar refractivity (Wildman–Crippen MR) is 64.1 cm³/mol. The topological polar surface area (TPSA) is 117 Å². The second kappa shape index (κ2) is 3.13. The molecule has 0 fully saturated rings. The number of H-pyrrole nitrogens is 1. The van der Waals surface area contributed by atoms with Crippen LogP contribution in [0, 0.1) is 0 Å². The summed E-state index contributed by atoms with van der Waals surface area (Å²) in [5.41, 5.74) is 0.545. The molecule has 0 unspecified atom stereocenters. The van der Waals surface area contributed by atoms with Crippen molar-refractivity contribution in [2.75, 3.05) is 0 Å². The molecule has 0 amide bonds. The van der Waals surface area contributed by atoms with Crippen LogP contribution < -0.4 is 0 Å². The van der Waals surface area contributed by atoms with Crippen LogP contribution >= 0.6 is 0 Å². The molecule has 0 bridgehead atoms. The average Bonchev–Trinajstić information content (AvgIpc) is 2.70. The Balaban J connectivity index is 2.60. The van der Waals surface area contributed by atoms with E-state index >= 15 is 0 Å². The van der Waals surface area contributed by atoms with Gasteiger partial charge in [0.25, 0.3) is 0 Å². The lowest BCUT2D eigenvalue weighted by Crippen LogP contribution is -1.74. The van der Waals surface area contributed by atoms with Gasteiger partial charge in [-0.1, -0.05) is 0 Å². The zero-order valence-electron chi connectivity index (χ0n) is 8.97. The molecule has 0 atom stereocenters. The van der Waals surface area contributed by atoms with Crippen LogP contribution in [0.2, 0.25) is 0 Å². The van der Waals surface area contributed by atoms with Gasteiger partial charge in [-0.25, -0.2) is 0 Å². The molecule has 18 heavy (non-hydrogen) atoms. The van der Waals surface area contributed by atoms with E-state index in [0.717, 1.165) is 0 Å². The Bertz CT molecular complexity index is 790. The van der Waals surface area contributed by atoms with E-state index in [-0.39, 0.29) is 22.4 Å². The smallest absolute Gasteiger partial charge is 0.201 e. The number of nitrogens with one attached hydrogen (secondary N) is 1. The molecule has 0 aliphatic rings. The predicted octanol–water partition coefficient (Wildman–Crippen LogP) is 1.85. The Hall–Kier alpha value is -2.76. The summed E-state index contributed by atoms with van der Waals surface area (Å²) in [5.74, 6) is -2.25. The van der Waals surface area contributed by atoms with Crippen LogP contribution in [0.4, 0.5) is 0 Å².